The minimum atomic E-state index is -0.536. The number of esters is 1. The minimum absolute atomic E-state index is 0.194. The lowest BCUT2D eigenvalue weighted by Gasteiger charge is -2.18. The summed E-state index contributed by atoms with van der Waals surface area (Å²) in [6.45, 7) is 5.31. The fourth-order valence-corrected chi connectivity index (χ4v) is 0.825. The van der Waals surface area contributed by atoms with Gasteiger partial charge in [0.25, 0.3) is 0 Å². The zero-order chi connectivity index (χ0) is 10.1. The number of aromatic amines is 1. The van der Waals surface area contributed by atoms with E-state index in [1.165, 1.54) is 12.3 Å². The Morgan fingerprint density at radius 3 is 2.46 bits per heavy atom. The molecular formula is C9H12NO3. The Kier molecular flexibility index (Phi) is 2.32. The van der Waals surface area contributed by atoms with Crippen LogP contribution in [-0.2, 0) is 9.84 Å². The second kappa shape index (κ2) is 3.12. The molecule has 0 saturated carbocycles. The number of carbonyl (C=O) groups is 1. The first-order valence-electron chi connectivity index (χ1n) is 3.97. The van der Waals surface area contributed by atoms with Crippen LogP contribution >= 0.6 is 0 Å². The summed E-state index contributed by atoms with van der Waals surface area (Å²) in [4.78, 5) is 13.8. The van der Waals surface area contributed by atoms with Gasteiger partial charge in [0.2, 0.25) is 0 Å². The molecule has 0 amide bonds. The molecule has 1 aromatic heterocycles. The third-order valence-corrected chi connectivity index (χ3v) is 1.28. The lowest BCUT2D eigenvalue weighted by Crippen LogP contribution is -2.24. The summed E-state index contributed by atoms with van der Waals surface area (Å²) in [5, 5.41) is 10.7. The molecule has 0 atom stereocenters. The number of nitrogens with one attached hydrogen (secondary N) is 1. The van der Waals surface area contributed by atoms with Gasteiger partial charge in [0.1, 0.15) is 11.3 Å². The Balaban J connectivity index is 2.70. The molecule has 0 saturated heterocycles. The van der Waals surface area contributed by atoms with E-state index in [9.17, 15) is 9.90 Å². The normalized spacial score (nSPS) is 11.3. The number of hydrogen-bond donors (Lipinski definition) is 1. The van der Waals surface area contributed by atoms with Crippen molar-refractivity contribution in [2.45, 2.75) is 26.4 Å². The van der Waals surface area contributed by atoms with Gasteiger partial charge in [-0.1, -0.05) is 0 Å². The van der Waals surface area contributed by atoms with Crippen LogP contribution < -0.4 is 0 Å². The van der Waals surface area contributed by atoms with Gasteiger partial charge in [-0.05, 0) is 20.8 Å². The summed E-state index contributed by atoms with van der Waals surface area (Å²) in [6, 6.07) is 1.22. The molecule has 0 bridgehead atoms. The first-order valence-corrected chi connectivity index (χ1v) is 3.97. The summed E-state index contributed by atoms with van der Waals surface area (Å²) in [7, 11) is 0. The fraction of sp³-hybridized carbons (Fsp3) is 0.444. The molecule has 1 N–H and O–H groups in total. The van der Waals surface area contributed by atoms with Gasteiger partial charge in [-0.15, -0.1) is 0 Å². The van der Waals surface area contributed by atoms with Crippen LogP contribution in [0.2, 0.25) is 0 Å². The van der Waals surface area contributed by atoms with Gasteiger partial charge in [0.15, 0.2) is 5.75 Å². The largest absolute Gasteiger partial charge is 0.455 e. The topological polar surface area (TPSA) is 62.0 Å². The summed E-state index contributed by atoms with van der Waals surface area (Å²) < 4.78 is 5.03. The van der Waals surface area contributed by atoms with Gasteiger partial charge in [-0.3, -0.25) is 5.11 Å². The maximum atomic E-state index is 11.3. The molecular weight excluding hydrogens is 170 g/mol. The van der Waals surface area contributed by atoms with Crippen molar-refractivity contribution in [3.05, 3.63) is 18.0 Å². The molecule has 4 nitrogen and oxygen atoms in total. The van der Waals surface area contributed by atoms with Crippen LogP contribution in [0.15, 0.2) is 12.3 Å². The van der Waals surface area contributed by atoms with E-state index in [0.717, 1.165) is 0 Å². The maximum absolute atomic E-state index is 11.3. The quantitative estimate of drug-likeness (QED) is 0.676. The van der Waals surface area contributed by atoms with Crippen molar-refractivity contribution in [2.24, 2.45) is 0 Å². The molecule has 0 fully saturated rings. The second-order valence-corrected chi connectivity index (χ2v) is 3.75. The van der Waals surface area contributed by atoms with Crippen molar-refractivity contribution in [1.82, 2.24) is 4.98 Å². The number of ether oxygens (including phenoxy) is 1. The van der Waals surface area contributed by atoms with Crippen molar-refractivity contribution < 1.29 is 14.6 Å². The first-order chi connectivity index (χ1) is 5.88. The Morgan fingerprint density at radius 1 is 1.46 bits per heavy atom. The molecule has 1 heterocycles. The van der Waals surface area contributed by atoms with Crippen LogP contribution in [0.3, 0.4) is 0 Å². The van der Waals surface area contributed by atoms with Gasteiger partial charge in [-0.25, -0.2) is 4.79 Å². The van der Waals surface area contributed by atoms with Gasteiger partial charge >= 0.3 is 5.97 Å². The third kappa shape index (κ3) is 2.82. The molecule has 13 heavy (non-hydrogen) atoms. The van der Waals surface area contributed by atoms with E-state index < -0.39 is 11.6 Å². The van der Waals surface area contributed by atoms with Crippen LogP contribution in [0.5, 0.6) is 5.75 Å². The van der Waals surface area contributed by atoms with Crippen molar-refractivity contribution >= 4 is 5.97 Å². The van der Waals surface area contributed by atoms with Gasteiger partial charge in [-0.2, -0.15) is 0 Å². The van der Waals surface area contributed by atoms with Crippen molar-refractivity contribution in [1.29, 1.82) is 0 Å². The molecule has 0 spiro atoms. The van der Waals surface area contributed by atoms with Crippen LogP contribution in [-0.4, -0.2) is 16.6 Å². The molecule has 1 radical (unpaired) electrons. The van der Waals surface area contributed by atoms with E-state index >= 15 is 0 Å². The molecule has 0 aliphatic rings. The highest BCUT2D eigenvalue weighted by molar-refractivity contribution is 5.88. The molecule has 71 valence electrons. The zero-order valence-corrected chi connectivity index (χ0v) is 7.88. The van der Waals surface area contributed by atoms with E-state index in [-0.39, 0.29) is 11.4 Å². The highest BCUT2D eigenvalue weighted by atomic mass is 16.6. The van der Waals surface area contributed by atoms with Gasteiger partial charge in [0.05, 0.1) is 0 Å². The first kappa shape index (κ1) is 9.64. The number of hydrogen-bond acceptors (Lipinski definition) is 2. The van der Waals surface area contributed by atoms with Crippen molar-refractivity contribution in [3.8, 4) is 5.75 Å². The van der Waals surface area contributed by atoms with Crippen molar-refractivity contribution in [3.63, 3.8) is 0 Å². The molecule has 4 heteroatoms. The van der Waals surface area contributed by atoms with E-state index in [1.807, 2.05) is 0 Å². The summed E-state index contributed by atoms with van der Waals surface area (Å²) >= 11 is 0. The van der Waals surface area contributed by atoms with E-state index in [1.54, 1.807) is 20.8 Å². The lowest BCUT2D eigenvalue weighted by molar-refractivity contribution is 0.00634. The minimum Gasteiger partial charge on any atom is -0.455 e. The maximum Gasteiger partial charge on any atom is 0.355 e. The number of carbonyl (C=O) groups excluding carboxylic acids is 1. The van der Waals surface area contributed by atoms with Crippen LogP contribution in [0.25, 0.3) is 0 Å². The number of H-pyrrole nitrogens is 1. The molecule has 1 aromatic rings. The van der Waals surface area contributed by atoms with E-state index in [0.29, 0.717) is 0 Å². The standard InChI is InChI=1S/C9H12NO3/c1-9(2,3)13-8(12)7-4-6(11)5-10-7/h4-5,10H,1-3H3. The monoisotopic (exact) mass is 182 g/mol. The third-order valence-electron chi connectivity index (χ3n) is 1.28. The Bertz CT molecular complexity index is 309. The summed E-state index contributed by atoms with van der Waals surface area (Å²) in [5.41, 5.74) is -0.342. The zero-order valence-electron chi connectivity index (χ0n) is 7.88. The van der Waals surface area contributed by atoms with Crippen LogP contribution in [0.1, 0.15) is 31.3 Å². The predicted molar refractivity (Wildman–Crippen MR) is 46.1 cm³/mol. The number of rotatable bonds is 1. The fourth-order valence-electron chi connectivity index (χ4n) is 0.825. The van der Waals surface area contributed by atoms with Gasteiger partial charge in [0, 0.05) is 12.3 Å². The Hall–Kier alpha value is -1.45. The van der Waals surface area contributed by atoms with E-state index in [2.05, 4.69) is 4.98 Å². The predicted octanol–water partition coefficient (Wildman–Crippen LogP) is 2.11. The second-order valence-electron chi connectivity index (χ2n) is 3.75. The molecule has 0 aliphatic carbocycles. The highest BCUT2D eigenvalue weighted by Crippen LogP contribution is 2.15. The molecule has 0 aromatic carbocycles. The summed E-state index contributed by atoms with van der Waals surface area (Å²) in [5.74, 6) is -0.726. The Labute approximate surface area is 76.5 Å². The lowest BCUT2D eigenvalue weighted by atomic mass is 10.2. The van der Waals surface area contributed by atoms with Gasteiger partial charge < -0.3 is 9.72 Å². The molecule has 1 rings (SSSR count). The highest BCUT2D eigenvalue weighted by Gasteiger charge is 2.19. The smallest absolute Gasteiger partial charge is 0.355 e. The van der Waals surface area contributed by atoms with Crippen LogP contribution in [0.4, 0.5) is 0 Å². The van der Waals surface area contributed by atoms with Crippen molar-refractivity contribution in [2.75, 3.05) is 0 Å². The molecule has 0 aliphatic heterocycles. The van der Waals surface area contributed by atoms with E-state index in [4.69, 9.17) is 4.74 Å². The van der Waals surface area contributed by atoms with Crippen LogP contribution in [0, 0.1) is 0 Å². The SMILES string of the molecule is CC(C)(C)OC(=O)c1cc([O])c[nH]1. The Morgan fingerprint density at radius 2 is 2.08 bits per heavy atom. The molecule has 0 unspecified atom stereocenters. The summed E-state index contributed by atoms with van der Waals surface area (Å²) in [6.07, 6.45) is 1.22. The number of aromatic nitrogens is 1. The average Bonchev–Trinajstić information content (AvgIpc) is 2.31. The average molecular weight is 182 g/mol.